The molecule has 2 N–H and O–H groups in total. The van der Waals surface area contributed by atoms with E-state index in [1.54, 1.807) is 23.6 Å². The van der Waals surface area contributed by atoms with E-state index in [1.807, 2.05) is 13.0 Å². The quantitative estimate of drug-likeness (QED) is 0.892. The van der Waals surface area contributed by atoms with Crippen LogP contribution in [-0.4, -0.2) is 17.0 Å². The predicted octanol–water partition coefficient (Wildman–Crippen LogP) is 3.01. The lowest BCUT2D eigenvalue weighted by atomic mass is 10.1. The van der Waals surface area contributed by atoms with Gasteiger partial charge in [-0.05, 0) is 30.5 Å². The third-order valence-electron chi connectivity index (χ3n) is 2.40. The molecule has 0 atom stereocenters. The fraction of sp³-hybridized carbons (Fsp3) is 0.0769. The van der Waals surface area contributed by atoms with Crippen LogP contribution in [0.25, 0.3) is 0 Å². The third-order valence-corrected chi connectivity index (χ3v) is 3.23. The van der Waals surface area contributed by atoms with Crippen molar-refractivity contribution in [1.82, 2.24) is 0 Å². The molecule has 0 aliphatic rings. The molecule has 0 radical (unpaired) electrons. The van der Waals surface area contributed by atoms with E-state index < -0.39 is 5.97 Å². The summed E-state index contributed by atoms with van der Waals surface area (Å²) in [6.07, 6.45) is 0. The van der Waals surface area contributed by atoms with E-state index in [-0.39, 0.29) is 11.5 Å². The maximum Gasteiger partial charge on any atom is 0.338 e. The lowest BCUT2D eigenvalue weighted by Crippen LogP contribution is -2.13. The van der Waals surface area contributed by atoms with Crippen molar-refractivity contribution in [2.45, 2.75) is 6.92 Å². The van der Waals surface area contributed by atoms with Crippen molar-refractivity contribution in [1.29, 1.82) is 0 Å². The van der Waals surface area contributed by atoms with Gasteiger partial charge in [-0.15, -0.1) is 11.3 Å². The van der Waals surface area contributed by atoms with Crippen LogP contribution in [0.15, 0.2) is 35.7 Å². The smallest absolute Gasteiger partial charge is 0.338 e. The Hall–Kier alpha value is -2.14. The van der Waals surface area contributed by atoms with Crippen molar-refractivity contribution in [3.63, 3.8) is 0 Å². The number of hydrogen-bond acceptors (Lipinski definition) is 3. The number of carboxylic acids is 1. The zero-order chi connectivity index (χ0) is 13.1. The second-order valence-electron chi connectivity index (χ2n) is 3.79. The number of carbonyl (C=O) groups is 2. The number of aryl methyl sites for hydroxylation is 1. The minimum absolute atomic E-state index is 0.112. The standard InChI is InChI=1S/C13H11NO3S/c1-8-3-2-4-9(7-8)11(15)14-12-10(13(16)17)5-6-18-12/h2-7H,1H3,(H,14,15)(H,16,17). The summed E-state index contributed by atoms with van der Waals surface area (Å²) in [6.45, 7) is 1.89. The van der Waals surface area contributed by atoms with Crippen LogP contribution in [0.1, 0.15) is 26.3 Å². The Labute approximate surface area is 108 Å². The van der Waals surface area contributed by atoms with Crippen molar-refractivity contribution >= 4 is 28.2 Å². The van der Waals surface area contributed by atoms with Crippen molar-refractivity contribution in [3.05, 3.63) is 52.4 Å². The van der Waals surface area contributed by atoms with Crippen molar-refractivity contribution in [2.75, 3.05) is 5.32 Å². The molecule has 18 heavy (non-hydrogen) atoms. The number of anilines is 1. The van der Waals surface area contributed by atoms with Gasteiger partial charge in [-0.3, -0.25) is 4.79 Å². The minimum atomic E-state index is -1.05. The second-order valence-corrected chi connectivity index (χ2v) is 4.71. The van der Waals surface area contributed by atoms with Crippen LogP contribution in [0.3, 0.4) is 0 Å². The molecule has 1 heterocycles. The van der Waals surface area contributed by atoms with Crippen molar-refractivity contribution in [3.8, 4) is 0 Å². The Bertz CT molecular complexity index is 604. The number of thiophene rings is 1. The molecule has 2 aromatic rings. The van der Waals surface area contributed by atoms with Gasteiger partial charge in [0.2, 0.25) is 0 Å². The Morgan fingerprint density at radius 3 is 2.72 bits per heavy atom. The molecule has 0 aliphatic carbocycles. The Balaban J connectivity index is 2.21. The summed E-state index contributed by atoms with van der Waals surface area (Å²) in [5.74, 6) is -1.35. The highest BCUT2D eigenvalue weighted by Crippen LogP contribution is 2.23. The number of benzene rings is 1. The first-order valence-corrected chi connectivity index (χ1v) is 6.14. The average molecular weight is 261 g/mol. The second kappa shape index (κ2) is 5.01. The summed E-state index contributed by atoms with van der Waals surface area (Å²) < 4.78 is 0. The molecule has 2 rings (SSSR count). The molecule has 4 nitrogen and oxygen atoms in total. The number of carboxylic acid groups (broad SMARTS) is 1. The van der Waals surface area contributed by atoms with Gasteiger partial charge >= 0.3 is 5.97 Å². The predicted molar refractivity (Wildman–Crippen MR) is 70.4 cm³/mol. The van der Waals surface area contributed by atoms with Gasteiger partial charge in [-0.2, -0.15) is 0 Å². The van der Waals surface area contributed by atoms with Crippen molar-refractivity contribution < 1.29 is 14.7 Å². The molecule has 0 saturated carbocycles. The molecule has 0 fully saturated rings. The first-order valence-electron chi connectivity index (χ1n) is 5.27. The van der Waals surface area contributed by atoms with E-state index in [2.05, 4.69) is 5.32 Å². The number of carbonyl (C=O) groups excluding carboxylic acids is 1. The summed E-state index contributed by atoms with van der Waals surface area (Å²) in [4.78, 5) is 22.9. The van der Waals surface area contributed by atoms with Gasteiger partial charge in [-0.25, -0.2) is 4.79 Å². The Kier molecular flexibility index (Phi) is 3.43. The molecule has 0 bridgehead atoms. The monoisotopic (exact) mass is 261 g/mol. The maximum absolute atomic E-state index is 11.9. The normalized spacial score (nSPS) is 10.1. The van der Waals surface area contributed by atoms with Gasteiger partial charge in [0.05, 0.1) is 5.56 Å². The molecule has 0 spiro atoms. The van der Waals surface area contributed by atoms with Crippen molar-refractivity contribution in [2.24, 2.45) is 0 Å². The van der Waals surface area contributed by atoms with Gasteiger partial charge in [0.15, 0.2) is 0 Å². The Morgan fingerprint density at radius 2 is 2.06 bits per heavy atom. The summed E-state index contributed by atoms with van der Waals surface area (Å²) in [5, 5.41) is 13.5. The summed E-state index contributed by atoms with van der Waals surface area (Å²) in [5.41, 5.74) is 1.60. The lowest BCUT2D eigenvalue weighted by molar-refractivity contribution is 0.0698. The SMILES string of the molecule is Cc1cccc(C(=O)Nc2sccc2C(=O)O)c1. The minimum Gasteiger partial charge on any atom is -0.478 e. The third kappa shape index (κ3) is 2.57. The largest absolute Gasteiger partial charge is 0.478 e. The van der Waals surface area contributed by atoms with Gasteiger partial charge in [-0.1, -0.05) is 17.7 Å². The topological polar surface area (TPSA) is 66.4 Å². The van der Waals surface area contributed by atoms with E-state index in [9.17, 15) is 9.59 Å². The van der Waals surface area contributed by atoms with Gasteiger partial charge in [0, 0.05) is 5.56 Å². The lowest BCUT2D eigenvalue weighted by Gasteiger charge is -2.04. The zero-order valence-corrected chi connectivity index (χ0v) is 10.5. The van der Waals surface area contributed by atoms with E-state index >= 15 is 0 Å². The number of aromatic carboxylic acids is 1. The fourth-order valence-electron chi connectivity index (χ4n) is 1.54. The molecule has 5 heteroatoms. The van der Waals surface area contributed by atoms with Gasteiger partial charge in [0.25, 0.3) is 5.91 Å². The highest BCUT2D eigenvalue weighted by Gasteiger charge is 2.14. The fourth-order valence-corrected chi connectivity index (χ4v) is 2.31. The summed E-state index contributed by atoms with van der Waals surface area (Å²) in [7, 11) is 0. The average Bonchev–Trinajstić information content (AvgIpc) is 2.77. The van der Waals surface area contributed by atoms with E-state index in [0.717, 1.165) is 5.56 Å². The Morgan fingerprint density at radius 1 is 1.28 bits per heavy atom. The van der Waals surface area contributed by atoms with Crippen LogP contribution in [0.2, 0.25) is 0 Å². The number of hydrogen-bond donors (Lipinski definition) is 2. The van der Waals surface area contributed by atoms with Gasteiger partial charge < -0.3 is 10.4 Å². The molecular weight excluding hydrogens is 250 g/mol. The first-order chi connectivity index (χ1) is 8.58. The molecule has 92 valence electrons. The zero-order valence-electron chi connectivity index (χ0n) is 9.64. The number of nitrogens with one attached hydrogen (secondary N) is 1. The van der Waals surface area contributed by atoms with Crippen LogP contribution in [0, 0.1) is 6.92 Å². The van der Waals surface area contributed by atoms with E-state index in [0.29, 0.717) is 10.6 Å². The van der Waals surface area contributed by atoms with Crippen LogP contribution in [-0.2, 0) is 0 Å². The molecular formula is C13H11NO3S. The summed E-state index contributed by atoms with van der Waals surface area (Å²) >= 11 is 1.19. The van der Waals surface area contributed by atoms with E-state index in [1.165, 1.54) is 17.4 Å². The van der Waals surface area contributed by atoms with Gasteiger partial charge in [0.1, 0.15) is 5.00 Å². The molecule has 0 saturated heterocycles. The van der Waals surface area contributed by atoms with Crippen LogP contribution in [0.4, 0.5) is 5.00 Å². The summed E-state index contributed by atoms with van der Waals surface area (Å²) in [6, 6.07) is 8.60. The number of amides is 1. The maximum atomic E-state index is 11.9. The highest BCUT2D eigenvalue weighted by atomic mass is 32.1. The van der Waals surface area contributed by atoms with Crippen LogP contribution >= 0.6 is 11.3 Å². The molecule has 1 aromatic carbocycles. The molecule has 1 aromatic heterocycles. The number of rotatable bonds is 3. The molecule has 1 amide bonds. The van der Waals surface area contributed by atoms with Crippen LogP contribution in [0.5, 0.6) is 0 Å². The first kappa shape index (κ1) is 12.3. The molecule has 0 aliphatic heterocycles. The van der Waals surface area contributed by atoms with Crippen LogP contribution < -0.4 is 5.32 Å². The van der Waals surface area contributed by atoms with E-state index in [4.69, 9.17) is 5.11 Å². The molecule has 0 unspecified atom stereocenters. The highest BCUT2D eigenvalue weighted by molar-refractivity contribution is 7.14.